The highest BCUT2D eigenvalue weighted by Gasteiger charge is 2.40. The molecule has 166 valence electrons. The molecule has 0 spiro atoms. The SMILES string of the molecule is COc1ccc(F)cc1-c1cccc(CC2(C(=O)NCc3ccncc3)CCOCC2)c1. The molecule has 0 bridgehead atoms. The lowest BCUT2D eigenvalue weighted by atomic mass is 9.74. The van der Waals surface area contributed by atoms with Crippen LogP contribution in [0, 0.1) is 11.2 Å². The molecule has 32 heavy (non-hydrogen) atoms. The Morgan fingerprint density at radius 3 is 2.62 bits per heavy atom. The van der Waals surface area contributed by atoms with Gasteiger partial charge in [0, 0.05) is 37.7 Å². The highest BCUT2D eigenvalue weighted by atomic mass is 19.1. The first-order valence-electron chi connectivity index (χ1n) is 10.8. The van der Waals surface area contributed by atoms with Crippen molar-refractivity contribution in [2.75, 3.05) is 20.3 Å². The van der Waals surface area contributed by atoms with Gasteiger partial charge in [-0.15, -0.1) is 0 Å². The fraction of sp³-hybridized carbons (Fsp3) is 0.308. The summed E-state index contributed by atoms with van der Waals surface area (Å²) in [6.07, 6.45) is 5.34. The first-order valence-corrected chi connectivity index (χ1v) is 10.8. The van der Waals surface area contributed by atoms with Gasteiger partial charge in [0.25, 0.3) is 0 Å². The van der Waals surface area contributed by atoms with E-state index in [4.69, 9.17) is 9.47 Å². The molecule has 1 aliphatic heterocycles. The first-order chi connectivity index (χ1) is 15.6. The molecule has 2 heterocycles. The second-order valence-electron chi connectivity index (χ2n) is 8.15. The number of hydrogen-bond donors (Lipinski definition) is 1. The molecule has 1 aromatic heterocycles. The van der Waals surface area contributed by atoms with Crippen molar-refractivity contribution in [2.45, 2.75) is 25.8 Å². The zero-order chi connectivity index (χ0) is 22.4. The molecule has 6 heteroatoms. The summed E-state index contributed by atoms with van der Waals surface area (Å²) >= 11 is 0. The average Bonchev–Trinajstić information content (AvgIpc) is 2.84. The zero-order valence-corrected chi connectivity index (χ0v) is 18.1. The highest BCUT2D eigenvalue weighted by molar-refractivity contribution is 5.83. The third kappa shape index (κ3) is 4.97. The molecular formula is C26H27FN2O3. The number of methoxy groups -OCH3 is 1. The minimum atomic E-state index is -0.546. The molecule has 1 N–H and O–H groups in total. The van der Waals surface area contributed by atoms with Gasteiger partial charge in [-0.2, -0.15) is 0 Å². The van der Waals surface area contributed by atoms with Crippen LogP contribution in [0.1, 0.15) is 24.0 Å². The number of aromatic nitrogens is 1. The molecule has 0 atom stereocenters. The van der Waals surface area contributed by atoms with Gasteiger partial charge in [-0.25, -0.2) is 4.39 Å². The Kier molecular flexibility index (Phi) is 6.81. The van der Waals surface area contributed by atoms with Crippen molar-refractivity contribution in [2.24, 2.45) is 5.41 Å². The van der Waals surface area contributed by atoms with Crippen molar-refractivity contribution in [3.05, 3.63) is 83.9 Å². The number of carbonyl (C=O) groups is 1. The quantitative estimate of drug-likeness (QED) is 0.593. The van der Waals surface area contributed by atoms with Gasteiger partial charge < -0.3 is 14.8 Å². The smallest absolute Gasteiger partial charge is 0.226 e. The number of pyridine rings is 1. The fourth-order valence-electron chi connectivity index (χ4n) is 4.26. The summed E-state index contributed by atoms with van der Waals surface area (Å²) in [4.78, 5) is 17.4. The van der Waals surface area contributed by atoms with E-state index in [1.807, 2.05) is 36.4 Å². The topological polar surface area (TPSA) is 60.5 Å². The minimum absolute atomic E-state index is 0.0337. The van der Waals surface area contributed by atoms with Crippen LogP contribution < -0.4 is 10.1 Å². The zero-order valence-electron chi connectivity index (χ0n) is 18.1. The fourth-order valence-corrected chi connectivity index (χ4v) is 4.26. The van der Waals surface area contributed by atoms with Crippen LogP contribution in [0.15, 0.2) is 67.0 Å². The lowest BCUT2D eigenvalue weighted by Gasteiger charge is -2.36. The molecule has 0 aliphatic carbocycles. The van der Waals surface area contributed by atoms with Crippen molar-refractivity contribution < 1.29 is 18.7 Å². The third-order valence-corrected chi connectivity index (χ3v) is 6.08. The molecule has 5 nitrogen and oxygen atoms in total. The summed E-state index contributed by atoms with van der Waals surface area (Å²) in [7, 11) is 1.57. The molecule has 4 rings (SSSR count). The van der Waals surface area contributed by atoms with Gasteiger partial charge in [-0.05, 0) is 66.3 Å². The van der Waals surface area contributed by atoms with E-state index in [0.29, 0.717) is 50.3 Å². The minimum Gasteiger partial charge on any atom is -0.496 e. The number of hydrogen-bond acceptors (Lipinski definition) is 4. The number of halogens is 1. The van der Waals surface area contributed by atoms with Crippen LogP contribution in [0.3, 0.4) is 0 Å². The summed E-state index contributed by atoms with van der Waals surface area (Å²) in [5.74, 6) is 0.327. The number of ether oxygens (including phenoxy) is 2. The number of amides is 1. The van der Waals surface area contributed by atoms with E-state index in [1.165, 1.54) is 12.1 Å². The molecule has 0 unspecified atom stereocenters. The Morgan fingerprint density at radius 2 is 1.88 bits per heavy atom. The van der Waals surface area contributed by atoms with Crippen molar-refractivity contribution in [3.8, 4) is 16.9 Å². The van der Waals surface area contributed by atoms with E-state index in [1.54, 1.807) is 25.6 Å². The lowest BCUT2D eigenvalue weighted by molar-refractivity contribution is -0.136. The van der Waals surface area contributed by atoms with Gasteiger partial charge in [0.15, 0.2) is 0 Å². The Labute approximate surface area is 187 Å². The largest absolute Gasteiger partial charge is 0.496 e. The van der Waals surface area contributed by atoms with E-state index >= 15 is 0 Å². The number of carbonyl (C=O) groups excluding carboxylic acids is 1. The van der Waals surface area contributed by atoms with Gasteiger partial charge in [-0.1, -0.05) is 24.3 Å². The summed E-state index contributed by atoms with van der Waals surface area (Å²) in [5, 5.41) is 3.11. The predicted molar refractivity (Wildman–Crippen MR) is 121 cm³/mol. The standard InChI is InChI=1S/C26H27FN2O3/c1-31-24-6-5-22(27)16-23(24)21-4-2-3-20(15-21)17-26(9-13-32-14-10-26)25(30)29-18-19-7-11-28-12-8-19/h2-8,11-12,15-16H,9-10,13-14,17-18H2,1H3,(H,29,30). The van der Waals surface area contributed by atoms with E-state index in [0.717, 1.165) is 16.7 Å². The number of nitrogens with zero attached hydrogens (tertiary/aromatic N) is 1. The van der Waals surface area contributed by atoms with Gasteiger partial charge in [-0.3, -0.25) is 9.78 Å². The van der Waals surface area contributed by atoms with Crippen LogP contribution in [0.25, 0.3) is 11.1 Å². The lowest BCUT2D eigenvalue weighted by Crippen LogP contribution is -2.45. The maximum atomic E-state index is 13.9. The number of benzene rings is 2. The van der Waals surface area contributed by atoms with Crippen LogP contribution >= 0.6 is 0 Å². The summed E-state index contributed by atoms with van der Waals surface area (Å²) < 4.78 is 24.9. The maximum Gasteiger partial charge on any atom is 0.226 e. The van der Waals surface area contributed by atoms with Gasteiger partial charge in [0.05, 0.1) is 12.5 Å². The Balaban J connectivity index is 1.57. The molecule has 1 aliphatic rings. The molecule has 1 saturated heterocycles. The Hall–Kier alpha value is -3.25. The van der Waals surface area contributed by atoms with Crippen molar-refractivity contribution in [3.63, 3.8) is 0 Å². The van der Waals surface area contributed by atoms with Gasteiger partial charge >= 0.3 is 0 Å². The van der Waals surface area contributed by atoms with Gasteiger partial charge in [0.1, 0.15) is 11.6 Å². The third-order valence-electron chi connectivity index (χ3n) is 6.08. The summed E-state index contributed by atoms with van der Waals surface area (Å²) in [5.41, 5.74) is 3.04. The summed E-state index contributed by atoms with van der Waals surface area (Å²) in [6, 6.07) is 16.2. The number of nitrogens with one attached hydrogen (secondary N) is 1. The number of rotatable bonds is 7. The van der Waals surface area contributed by atoms with E-state index in [-0.39, 0.29) is 11.7 Å². The second-order valence-corrected chi connectivity index (χ2v) is 8.15. The molecule has 3 aromatic rings. The molecule has 1 fully saturated rings. The molecule has 1 amide bonds. The van der Waals surface area contributed by atoms with Crippen LogP contribution in [0.5, 0.6) is 5.75 Å². The first kappa shape index (κ1) is 22.0. The van der Waals surface area contributed by atoms with E-state index < -0.39 is 5.41 Å². The normalized spacial score (nSPS) is 15.2. The van der Waals surface area contributed by atoms with Crippen molar-refractivity contribution >= 4 is 5.91 Å². The maximum absolute atomic E-state index is 13.9. The van der Waals surface area contributed by atoms with Crippen LogP contribution in [0.4, 0.5) is 4.39 Å². The van der Waals surface area contributed by atoms with Gasteiger partial charge in [0.2, 0.25) is 5.91 Å². The second kappa shape index (κ2) is 9.92. The highest BCUT2D eigenvalue weighted by Crippen LogP contribution is 2.37. The molecule has 0 saturated carbocycles. The predicted octanol–water partition coefficient (Wildman–Crippen LogP) is 4.55. The monoisotopic (exact) mass is 434 g/mol. The van der Waals surface area contributed by atoms with Crippen molar-refractivity contribution in [1.82, 2.24) is 10.3 Å². The average molecular weight is 435 g/mol. The Bertz CT molecular complexity index is 1070. The van der Waals surface area contributed by atoms with Crippen LogP contribution in [-0.4, -0.2) is 31.2 Å². The van der Waals surface area contributed by atoms with Crippen LogP contribution in [-0.2, 0) is 22.5 Å². The van der Waals surface area contributed by atoms with Crippen molar-refractivity contribution in [1.29, 1.82) is 0 Å². The Morgan fingerprint density at radius 1 is 1.09 bits per heavy atom. The molecule has 2 aromatic carbocycles. The van der Waals surface area contributed by atoms with Crippen LogP contribution in [0.2, 0.25) is 0 Å². The molecule has 0 radical (unpaired) electrons. The van der Waals surface area contributed by atoms with E-state index in [2.05, 4.69) is 10.3 Å². The van der Waals surface area contributed by atoms with E-state index in [9.17, 15) is 9.18 Å². The summed E-state index contributed by atoms with van der Waals surface area (Å²) in [6.45, 7) is 1.57. The molecular weight excluding hydrogens is 407 g/mol.